The van der Waals surface area contributed by atoms with Crippen molar-refractivity contribution in [1.29, 1.82) is 0 Å². The van der Waals surface area contributed by atoms with Gasteiger partial charge in [-0.25, -0.2) is 9.59 Å². The number of anilines is 1. The van der Waals surface area contributed by atoms with E-state index in [4.69, 9.17) is 16.7 Å². The summed E-state index contributed by atoms with van der Waals surface area (Å²) in [5.41, 5.74) is 0.258. The van der Waals surface area contributed by atoms with Gasteiger partial charge in [0.2, 0.25) is 0 Å². The fraction of sp³-hybridized carbons (Fsp3) is 0.385. The fourth-order valence-electron chi connectivity index (χ4n) is 1.94. The maximum absolute atomic E-state index is 12.1. The molecule has 1 aromatic carbocycles. The molecule has 1 aliphatic carbocycles. The van der Waals surface area contributed by atoms with Crippen molar-refractivity contribution in [2.45, 2.75) is 25.8 Å². The van der Waals surface area contributed by atoms with E-state index in [9.17, 15) is 9.59 Å². The molecule has 0 atom stereocenters. The third-order valence-electron chi connectivity index (χ3n) is 3.04. The molecule has 1 saturated carbocycles. The van der Waals surface area contributed by atoms with Gasteiger partial charge in [-0.3, -0.25) is 0 Å². The molecule has 0 radical (unpaired) electrons. The number of nitrogens with one attached hydrogen (secondary N) is 1. The molecule has 0 heterocycles. The topological polar surface area (TPSA) is 69.6 Å². The van der Waals surface area contributed by atoms with Crippen molar-refractivity contribution >= 4 is 29.3 Å². The van der Waals surface area contributed by atoms with Crippen molar-refractivity contribution in [2.24, 2.45) is 0 Å². The van der Waals surface area contributed by atoms with Crippen LogP contribution in [-0.2, 0) is 0 Å². The molecule has 2 N–H and O–H groups in total. The van der Waals surface area contributed by atoms with Crippen LogP contribution in [0.3, 0.4) is 0 Å². The van der Waals surface area contributed by atoms with E-state index in [0.717, 1.165) is 12.8 Å². The third-order valence-corrected chi connectivity index (χ3v) is 3.28. The maximum atomic E-state index is 12.1. The second-order valence-electron chi connectivity index (χ2n) is 4.44. The quantitative estimate of drug-likeness (QED) is 0.892. The van der Waals surface area contributed by atoms with Gasteiger partial charge in [0.25, 0.3) is 0 Å². The van der Waals surface area contributed by atoms with E-state index in [0.29, 0.717) is 11.6 Å². The molecule has 0 spiro atoms. The number of carbonyl (C=O) groups is 2. The van der Waals surface area contributed by atoms with Crippen molar-refractivity contribution < 1.29 is 14.7 Å². The average Bonchev–Trinajstić information content (AvgIpc) is 3.16. The smallest absolute Gasteiger partial charge is 0.337 e. The second kappa shape index (κ2) is 5.48. The van der Waals surface area contributed by atoms with Crippen LogP contribution in [0.4, 0.5) is 10.5 Å². The SMILES string of the molecule is CCN(C(=O)Nc1ccc(Cl)cc1C(=O)O)C1CC1. The normalized spacial score (nSPS) is 14.0. The number of carbonyl (C=O) groups excluding carboxylic acids is 1. The Morgan fingerprint density at radius 1 is 1.47 bits per heavy atom. The van der Waals surface area contributed by atoms with Crippen molar-refractivity contribution in [3.05, 3.63) is 28.8 Å². The molecular formula is C13H15ClN2O3. The molecule has 1 aliphatic rings. The number of carboxylic acid groups (broad SMARTS) is 1. The minimum atomic E-state index is -1.12. The number of halogens is 1. The number of rotatable bonds is 4. The summed E-state index contributed by atoms with van der Waals surface area (Å²) in [5.74, 6) is -1.12. The van der Waals surface area contributed by atoms with Crippen molar-refractivity contribution in [2.75, 3.05) is 11.9 Å². The lowest BCUT2D eigenvalue weighted by molar-refractivity contribution is 0.0698. The van der Waals surface area contributed by atoms with Gasteiger partial charge in [-0.05, 0) is 38.0 Å². The average molecular weight is 283 g/mol. The highest BCUT2D eigenvalue weighted by atomic mass is 35.5. The number of amides is 2. The van der Waals surface area contributed by atoms with Crippen LogP contribution < -0.4 is 5.32 Å². The van der Waals surface area contributed by atoms with Gasteiger partial charge in [-0.15, -0.1) is 0 Å². The van der Waals surface area contributed by atoms with Crippen LogP contribution in [0.1, 0.15) is 30.1 Å². The van der Waals surface area contributed by atoms with Crippen LogP contribution in [0.15, 0.2) is 18.2 Å². The highest BCUT2D eigenvalue weighted by Crippen LogP contribution is 2.28. The first-order valence-electron chi connectivity index (χ1n) is 6.13. The number of hydrogen-bond donors (Lipinski definition) is 2. The van der Waals surface area contributed by atoms with Crippen LogP contribution in [0.5, 0.6) is 0 Å². The number of benzene rings is 1. The van der Waals surface area contributed by atoms with Gasteiger partial charge in [0.15, 0.2) is 0 Å². The van der Waals surface area contributed by atoms with Gasteiger partial charge in [0.1, 0.15) is 0 Å². The Kier molecular flexibility index (Phi) is 3.95. The van der Waals surface area contributed by atoms with E-state index in [1.165, 1.54) is 12.1 Å². The summed E-state index contributed by atoms with van der Waals surface area (Å²) >= 11 is 5.76. The van der Waals surface area contributed by atoms with Crippen molar-refractivity contribution in [1.82, 2.24) is 4.90 Å². The Labute approximate surface area is 116 Å². The first-order valence-corrected chi connectivity index (χ1v) is 6.51. The highest BCUT2D eigenvalue weighted by Gasteiger charge is 2.31. The van der Waals surface area contributed by atoms with Gasteiger partial charge in [0, 0.05) is 17.6 Å². The van der Waals surface area contributed by atoms with E-state index < -0.39 is 5.97 Å². The monoisotopic (exact) mass is 282 g/mol. The molecular weight excluding hydrogens is 268 g/mol. The minimum absolute atomic E-state index is 0.00676. The summed E-state index contributed by atoms with van der Waals surface area (Å²) in [5, 5.41) is 12.1. The molecule has 19 heavy (non-hydrogen) atoms. The number of carboxylic acids is 1. The van der Waals surface area contributed by atoms with Gasteiger partial charge < -0.3 is 15.3 Å². The zero-order chi connectivity index (χ0) is 14.0. The molecule has 0 unspecified atom stereocenters. The lowest BCUT2D eigenvalue weighted by Crippen LogP contribution is -2.36. The van der Waals surface area contributed by atoms with Gasteiger partial charge >= 0.3 is 12.0 Å². The Morgan fingerprint density at radius 2 is 2.16 bits per heavy atom. The third kappa shape index (κ3) is 3.17. The largest absolute Gasteiger partial charge is 0.478 e. The lowest BCUT2D eigenvalue weighted by Gasteiger charge is -2.21. The summed E-state index contributed by atoms with van der Waals surface area (Å²) in [4.78, 5) is 24.9. The van der Waals surface area contributed by atoms with E-state index in [1.54, 1.807) is 11.0 Å². The maximum Gasteiger partial charge on any atom is 0.337 e. The summed E-state index contributed by atoms with van der Waals surface area (Å²) in [7, 11) is 0. The van der Waals surface area contributed by atoms with E-state index in [1.807, 2.05) is 6.92 Å². The fourth-order valence-corrected chi connectivity index (χ4v) is 2.12. The zero-order valence-electron chi connectivity index (χ0n) is 10.5. The Balaban J connectivity index is 2.18. The zero-order valence-corrected chi connectivity index (χ0v) is 11.3. The predicted octanol–water partition coefficient (Wildman–Crippen LogP) is 3.05. The molecule has 0 aromatic heterocycles. The summed E-state index contributed by atoms with van der Waals surface area (Å²) in [6.45, 7) is 2.50. The molecule has 2 amide bonds. The molecule has 0 bridgehead atoms. The first kappa shape index (κ1) is 13.7. The van der Waals surface area contributed by atoms with E-state index in [-0.39, 0.29) is 23.3 Å². The summed E-state index contributed by atoms with van der Waals surface area (Å²) < 4.78 is 0. The molecule has 1 fully saturated rings. The molecule has 6 heteroatoms. The lowest BCUT2D eigenvalue weighted by atomic mass is 10.2. The highest BCUT2D eigenvalue weighted by molar-refractivity contribution is 6.31. The Hall–Kier alpha value is -1.75. The molecule has 5 nitrogen and oxygen atoms in total. The van der Waals surface area contributed by atoms with Crippen LogP contribution >= 0.6 is 11.6 Å². The van der Waals surface area contributed by atoms with Crippen LogP contribution in [0.25, 0.3) is 0 Å². The van der Waals surface area contributed by atoms with Crippen LogP contribution in [0, 0.1) is 0 Å². The molecule has 102 valence electrons. The van der Waals surface area contributed by atoms with E-state index in [2.05, 4.69) is 5.32 Å². The number of urea groups is 1. The number of hydrogen-bond acceptors (Lipinski definition) is 2. The molecule has 2 rings (SSSR count). The standard InChI is InChI=1S/C13H15ClN2O3/c1-2-16(9-4-5-9)13(19)15-11-6-3-8(14)7-10(11)12(17)18/h3,6-7,9H,2,4-5H2,1H3,(H,15,19)(H,17,18). The van der Waals surface area contributed by atoms with Crippen molar-refractivity contribution in [3.8, 4) is 0 Å². The number of nitrogens with zero attached hydrogens (tertiary/aromatic N) is 1. The molecule has 0 saturated heterocycles. The first-order chi connectivity index (χ1) is 9.02. The minimum Gasteiger partial charge on any atom is -0.478 e. The van der Waals surface area contributed by atoms with Crippen LogP contribution in [0.2, 0.25) is 5.02 Å². The summed E-state index contributed by atoms with van der Waals surface area (Å²) in [6, 6.07) is 4.40. The second-order valence-corrected chi connectivity index (χ2v) is 4.88. The number of aromatic carboxylic acids is 1. The molecule has 1 aromatic rings. The van der Waals surface area contributed by atoms with Crippen LogP contribution in [-0.4, -0.2) is 34.6 Å². The Morgan fingerprint density at radius 3 is 2.68 bits per heavy atom. The van der Waals surface area contributed by atoms with Gasteiger partial charge in [0.05, 0.1) is 11.3 Å². The van der Waals surface area contributed by atoms with E-state index >= 15 is 0 Å². The van der Waals surface area contributed by atoms with Gasteiger partial charge in [-0.2, -0.15) is 0 Å². The predicted molar refractivity (Wildman–Crippen MR) is 72.8 cm³/mol. The van der Waals surface area contributed by atoms with Gasteiger partial charge in [-0.1, -0.05) is 11.6 Å². The summed E-state index contributed by atoms with van der Waals surface area (Å²) in [6.07, 6.45) is 2.02. The van der Waals surface area contributed by atoms with Crippen molar-refractivity contribution in [3.63, 3.8) is 0 Å². The Bertz CT molecular complexity index is 515. The molecule has 0 aliphatic heterocycles.